The fourth-order valence-corrected chi connectivity index (χ4v) is 6.29. The number of fused-ring (bicyclic) bond motifs is 1. The first-order valence-electron chi connectivity index (χ1n) is 14.1. The number of urea groups is 1. The molecule has 1 aliphatic heterocycles. The molecule has 1 heterocycles. The van der Waals surface area contributed by atoms with Gasteiger partial charge < -0.3 is 15.1 Å². The van der Waals surface area contributed by atoms with Gasteiger partial charge in [-0.2, -0.15) is 13.2 Å². The second-order valence-electron chi connectivity index (χ2n) is 11.9. The minimum Gasteiger partial charge on any atom is -0.336 e. The predicted molar refractivity (Wildman–Crippen MR) is 149 cm³/mol. The monoisotopic (exact) mass is 572 g/mol. The van der Waals surface area contributed by atoms with Crippen molar-refractivity contribution in [3.8, 4) is 0 Å². The lowest BCUT2D eigenvalue weighted by Gasteiger charge is -2.57. The number of allylic oxidation sites excluding steroid dienone is 1. The van der Waals surface area contributed by atoms with Crippen LogP contribution in [0.1, 0.15) is 42.6 Å². The summed E-state index contributed by atoms with van der Waals surface area (Å²) in [5.74, 6) is 0.569. The van der Waals surface area contributed by atoms with Gasteiger partial charge in [0.1, 0.15) is 5.82 Å². The van der Waals surface area contributed by atoms with Gasteiger partial charge in [-0.3, -0.25) is 9.69 Å². The highest BCUT2D eigenvalue weighted by atomic mass is 19.4. The summed E-state index contributed by atoms with van der Waals surface area (Å²) in [5, 5.41) is 2.78. The molecule has 2 atom stereocenters. The highest BCUT2D eigenvalue weighted by Crippen LogP contribution is 2.59. The zero-order valence-electron chi connectivity index (χ0n) is 23.4. The Morgan fingerprint density at radius 3 is 2.24 bits per heavy atom. The number of hydrogen-bond acceptors (Lipinski definition) is 3. The lowest BCUT2D eigenvalue weighted by atomic mass is 9.49. The van der Waals surface area contributed by atoms with Crippen LogP contribution in [0.3, 0.4) is 0 Å². The lowest BCUT2D eigenvalue weighted by Crippen LogP contribution is -2.52. The third-order valence-corrected chi connectivity index (χ3v) is 9.14. The van der Waals surface area contributed by atoms with Gasteiger partial charge in [-0.15, -0.1) is 0 Å². The average molecular weight is 573 g/mol. The molecule has 3 amide bonds. The van der Waals surface area contributed by atoms with Crippen LogP contribution in [0, 0.1) is 23.1 Å². The van der Waals surface area contributed by atoms with E-state index in [1.165, 1.54) is 42.0 Å². The molecule has 4 aliphatic rings. The number of nitrogens with one attached hydrogen (secondary N) is 1. The van der Waals surface area contributed by atoms with Crippen molar-refractivity contribution in [3.05, 3.63) is 77.1 Å². The number of rotatable bonds is 7. The van der Waals surface area contributed by atoms with Gasteiger partial charge in [-0.1, -0.05) is 25.5 Å². The molecule has 0 spiro atoms. The first kappa shape index (κ1) is 29.1. The summed E-state index contributed by atoms with van der Waals surface area (Å²) in [6.45, 7) is 8.39. The largest absolute Gasteiger partial charge is 0.416 e. The van der Waals surface area contributed by atoms with Crippen molar-refractivity contribution in [2.24, 2.45) is 17.3 Å². The first-order chi connectivity index (χ1) is 19.4. The molecule has 2 aromatic rings. The Morgan fingerprint density at radius 1 is 1.00 bits per heavy atom. The Hall–Kier alpha value is -3.40. The van der Waals surface area contributed by atoms with Gasteiger partial charge in [-0.25, -0.2) is 9.18 Å². The van der Waals surface area contributed by atoms with E-state index >= 15 is 0 Å². The summed E-state index contributed by atoms with van der Waals surface area (Å²) in [6, 6.07) is 9.66. The van der Waals surface area contributed by atoms with Crippen molar-refractivity contribution in [3.63, 3.8) is 0 Å². The number of nitrogens with zero attached hydrogens (tertiary/aromatic N) is 3. The van der Waals surface area contributed by atoms with Crippen LogP contribution in [-0.4, -0.2) is 72.5 Å². The molecule has 6 rings (SSSR count). The molecule has 1 saturated carbocycles. The van der Waals surface area contributed by atoms with Gasteiger partial charge in [0.2, 0.25) is 0 Å². The molecule has 0 aromatic heterocycles. The number of anilines is 1. The van der Waals surface area contributed by atoms with Crippen molar-refractivity contribution < 1.29 is 27.2 Å². The Morgan fingerprint density at radius 2 is 1.66 bits per heavy atom. The normalized spacial score (nSPS) is 22.0. The quantitative estimate of drug-likeness (QED) is 0.321. The van der Waals surface area contributed by atoms with E-state index in [-0.39, 0.29) is 23.2 Å². The zero-order chi connectivity index (χ0) is 29.4. The number of benzene rings is 2. The molecule has 1 N–H and O–H groups in total. The number of carbonyl (C=O) groups excluding carboxylic acids is 2. The van der Waals surface area contributed by atoms with Crippen molar-refractivity contribution in [2.45, 2.75) is 32.9 Å². The van der Waals surface area contributed by atoms with Crippen molar-refractivity contribution in [1.29, 1.82) is 0 Å². The van der Waals surface area contributed by atoms with E-state index in [0.717, 1.165) is 25.0 Å². The molecule has 41 heavy (non-hydrogen) atoms. The summed E-state index contributed by atoms with van der Waals surface area (Å²) in [4.78, 5) is 31.9. The van der Waals surface area contributed by atoms with Crippen LogP contribution in [0.5, 0.6) is 0 Å². The lowest BCUT2D eigenvalue weighted by molar-refractivity contribution is -0.137. The maximum absolute atomic E-state index is 13.4. The molecular weight excluding hydrogens is 536 g/mol. The van der Waals surface area contributed by atoms with E-state index in [2.05, 4.69) is 30.1 Å². The Balaban J connectivity index is 1.21. The van der Waals surface area contributed by atoms with Gasteiger partial charge in [0, 0.05) is 57.1 Å². The smallest absolute Gasteiger partial charge is 0.336 e. The van der Waals surface area contributed by atoms with Gasteiger partial charge in [-0.05, 0) is 78.6 Å². The van der Waals surface area contributed by atoms with Gasteiger partial charge in [0.25, 0.3) is 5.91 Å². The Labute approximate surface area is 238 Å². The molecule has 2 fully saturated rings. The summed E-state index contributed by atoms with van der Waals surface area (Å²) < 4.78 is 52.2. The maximum atomic E-state index is 13.4. The van der Waals surface area contributed by atoms with Crippen LogP contribution in [0.4, 0.5) is 28.0 Å². The van der Waals surface area contributed by atoms with Crippen LogP contribution in [0.25, 0.3) is 0 Å². The molecule has 2 unspecified atom stereocenters. The van der Waals surface area contributed by atoms with E-state index in [9.17, 15) is 27.2 Å². The van der Waals surface area contributed by atoms with Crippen molar-refractivity contribution in [2.75, 3.05) is 51.1 Å². The van der Waals surface area contributed by atoms with Crippen LogP contribution in [0.15, 0.2) is 60.2 Å². The fraction of sp³-hybridized carbons (Fsp3) is 0.484. The summed E-state index contributed by atoms with van der Waals surface area (Å²) in [6.07, 6.45) is -0.0695. The topological polar surface area (TPSA) is 55.9 Å². The molecule has 220 valence electrons. The summed E-state index contributed by atoms with van der Waals surface area (Å²) >= 11 is 0. The van der Waals surface area contributed by atoms with E-state index in [1.807, 2.05) is 0 Å². The predicted octanol–water partition coefficient (Wildman–Crippen LogP) is 6.13. The maximum Gasteiger partial charge on any atom is 0.416 e. The van der Waals surface area contributed by atoms with E-state index < -0.39 is 11.7 Å². The van der Waals surface area contributed by atoms with Crippen LogP contribution < -0.4 is 5.32 Å². The molecule has 0 radical (unpaired) electrons. The molecule has 1 saturated heterocycles. The number of halogens is 4. The van der Waals surface area contributed by atoms with Gasteiger partial charge in [0.05, 0.1) is 5.56 Å². The average Bonchev–Trinajstić information content (AvgIpc) is 2.95. The third kappa shape index (κ3) is 6.42. The van der Waals surface area contributed by atoms with E-state index in [4.69, 9.17) is 0 Å². The van der Waals surface area contributed by atoms with E-state index in [0.29, 0.717) is 68.9 Å². The minimum absolute atomic E-state index is 0.132. The van der Waals surface area contributed by atoms with Gasteiger partial charge >= 0.3 is 12.2 Å². The second-order valence-corrected chi connectivity index (χ2v) is 11.9. The SMILES string of the molecule is CC1(C)C2CC=C(CN(CCN3CCN(C(=O)c4ccc(F)cc4)CC3)C(=O)Nc3ccc(C(F)(F)F)cc3)C1C2. The fourth-order valence-electron chi connectivity index (χ4n) is 6.29. The zero-order valence-corrected chi connectivity index (χ0v) is 23.4. The van der Waals surface area contributed by atoms with E-state index in [1.54, 1.807) is 9.80 Å². The number of hydrogen-bond donors (Lipinski definition) is 1. The summed E-state index contributed by atoms with van der Waals surface area (Å²) in [5.41, 5.74) is 1.44. The summed E-state index contributed by atoms with van der Waals surface area (Å²) in [7, 11) is 0. The highest BCUT2D eigenvalue weighted by molar-refractivity contribution is 5.94. The van der Waals surface area contributed by atoms with Gasteiger partial charge in [0.15, 0.2) is 0 Å². The minimum atomic E-state index is -4.44. The molecule has 2 aromatic carbocycles. The van der Waals surface area contributed by atoms with Crippen LogP contribution in [-0.2, 0) is 6.18 Å². The Kier molecular flexibility index (Phi) is 8.14. The molecule has 2 bridgehead atoms. The van der Waals surface area contributed by atoms with Crippen molar-refractivity contribution in [1.82, 2.24) is 14.7 Å². The molecule has 6 nitrogen and oxygen atoms in total. The number of carbonyl (C=O) groups is 2. The first-order valence-corrected chi connectivity index (χ1v) is 14.1. The molecular formula is C31H36F4N4O2. The number of piperazine rings is 1. The van der Waals surface area contributed by atoms with Crippen LogP contribution >= 0.6 is 0 Å². The Bertz CT molecular complexity index is 1280. The second kappa shape index (κ2) is 11.5. The van der Waals surface area contributed by atoms with Crippen LogP contribution in [0.2, 0.25) is 0 Å². The highest BCUT2D eigenvalue weighted by Gasteiger charge is 2.51. The van der Waals surface area contributed by atoms with Crippen molar-refractivity contribution >= 4 is 17.6 Å². The number of alkyl halides is 3. The molecule has 3 aliphatic carbocycles. The number of amides is 3. The third-order valence-electron chi connectivity index (χ3n) is 9.14. The standard InChI is InChI=1S/C31H36F4N4O2/c1-30(2)24-6-3-22(27(30)19-24)20-39(29(41)36-26-11-7-23(8-12-26)31(33,34)35)18-15-37-13-16-38(17-14-37)28(40)21-4-9-25(32)10-5-21/h3-5,7-12,24,27H,6,13-20H2,1-2H3,(H,36,41). The molecule has 10 heteroatoms.